The maximum atomic E-state index is 12.5. The number of nitrogens with zero attached hydrogens (tertiary/aromatic N) is 2. The quantitative estimate of drug-likeness (QED) is 0.787. The molecule has 21 heavy (non-hydrogen) atoms. The van der Waals surface area contributed by atoms with Crippen molar-refractivity contribution < 1.29 is 13.0 Å². The largest absolute Gasteiger partial charge is 0.243 e. The molecule has 0 aliphatic rings. The molecular weight excluding hydrogens is 334 g/mol. The summed E-state index contributed by atoms with van der Waals surface area (Å²) in [5, 5.41) is 7.29. The number of aromatic nitrogens is 2. The highest BCUT2D eigenvalue weighted by molar-refractivity contribution is 7.89. The van der Waals surface area contributed by atoms with Crippen molar-refractivity contribution in [2.45, 2.75) is 17.9 Å². The summed E-state index contributed by atoms with van der Waals surface area (Å²) in [6, 6.07) is 7.81. The third-order valence-electron chi connectivity index (χ3n) is 2.89. The first-order chi connectivity index (χ1) is 9.97. The molecule has 0 spiro atoms. The number of hydrogen-bond acceptors (Lipinski definition) is 6. The van der Waals surface area contributed by atoms with E-state index >= 15 is 0 Å². The molecule has 1 atom stereocenters. The molecule has 0 aliphatic heterocycles. The Balaban J connectivity index is 1.95. The van der Waals surface area contributed by atoms with Gasteiger partial charge in [-0.05, 0) is 41.5 Å². The van der Waals surface area contributed by atoms with Gasteiger partial charge in [0, 0.05) is 4.88 Å². The summed E-state index contributed by atoms with van der Waals surface area (Å²) in [6.45, 7) is 1.75. The van der Waals surface area contributed by atoms with Crippen LogP contribution < -0.4 is 4.72 Å². The maximum Gasteiger partial charge on any atom is 0.243 e. The van der Waals surface area contributed by atoms with Crippen LogP contribution in [0.5, 0.6) is 0 Å². The van der Waals surface area contributed by atoms with Crippen LogP contribution in [0, 0.1) is 0 Å². The molecular formula is C12H10ClN3O3S2. The summed E-state index contributed by atoms with van der Waals surface area (Å²) >= 11 is 7.20. The van der Waals surface area contributed by atoms with Gasteiger partial charge in [-0.2, -0.15) is 0 Å². The van der Waals surface area contributed by atoms with E-state index in [1.54, 1.807) is 31.2 Å². The van der Waals surface area contributed by atoms with Gasteiger partial charge >= 0.3 is 0 Å². The van der Waals surface area contributed by atoms with Crippen LogP contribution >= 0.6 is 22.9 Å². The number of benzene rings is 1. The first-order valence-corrected chi connectivity index (χ1v) is 8.64. The van der Waals surface area contributed by atoms with Crippen LogP contribution in [0.1, 0.15) is 17.8 Å². The molecule has 0 radical (unpaired) electrons. The summed E-state index contributed by atoms with van der Waals surface area (Å²) in [7, 11) is -3.74. The molecule has 1 N–H and O–H groups in total. The molecule has 0 saturated carbocycles. The van der Waals surface area contributed by atoms with Crippen LogP contribution in [-0.2, 0) is 10.0 Å². The molecule has 0 bridgehead atoms. The lowest BCUT2D eigenvalue weighted by Crippen LogP contribution is -2.26. The van der Waals surface area contributed by atoms with Crippen molar-refractivity contribution in [3.63, 3.8) is 0 Å². The van der Waals surface area contributed by atoms with Crippen LogP contribution in [0.4, 0.5) is 0 Å². The van der Waals surface area contributed by atoms with E-state index in [1.165, 1.54) is 17.4 Å². The summed E-state index contributed by atoms with van der Waals surface area (Å²) < 4.78 is 32.8. The Bertz CT molecular complexity index is 888. The normalized spacial score (nSPS) is 13.6. The van der Waals surface area contributed by atoms with Gasteiger partial charge < -0.3 is 0 Å². The second kappa shape index (κ2) is 5.38. The lowest BCUT2D eigenvalue weighted by atomic mass is 10.3. The van der Waals surface area contributed by atoms with Gasteiger partial charge in [0.05, 0.1) is 10.4 Å². The van der Waals surface area contributed by atoms with Crippen molar-refractivity contribution >= 4 is 44.0 Å². The zero-order valence-electron chi connectivity index (χ0n) is 10.8. The van der Waals surface area contributed by atoms with Gasteiger partial charge in [0.15, 0.2) is 5.52 Å². The minimum Gasteiger partial charge on any atom is -0.243 e. The minimum absolute atomic E-state index is 0.0377. The number of hydrogen-bond donors (Lipinski definition) is 1. The molecule has 110 valence electrons. The lowest BCUT2D eigenvalue weighted by Gasteiger charge is -2.12. The Labute approximate surface area is 129 Å². The standard InChI is InChI=1S/C12H10ClN3O3S2/c1-7(9-5-6-11(13)20-9)16-21(17,18)10-4-2-3-8-12(10)15-19-14-8/h2-7,16H,1H3/t7-/m0/s1. The molecule has 0 amide bonds. The predicted molar refractivity (Wildman–Crippen MR) is 79.9 cm³/mol. The Morgan fingerprint density at radius 1 is 1.29 bits per heavy atom. The molecule has 3 rings (SSSR count). The molecule has 0 aliphatic carbocycles. The van der Waals surface area contributed by atoms with Crippen molar-refractivity contribution in [3.05, 3.63) is 39.5 Å². The zero-order valence-corrected chi connectivity index (χ0v) is 13.2. The summed E-state index contributed by atoms with van der Waals surface area (Å²) in [4.78, 5) is 0.866. The van der Waals surface area contributed by atoms with Gasteiger partial charge in [0.2, 0.25) is 10.0 Å². The van der Waals surface area contributed by atoms with E-state index in [4.69, 9.17) is 11.6 Å². The van der Waals surface area contributed by atoms with E-state index < -0.39 is 16.1 Å². The third kappa shape index (κ3) is 2.80. The highest BCUT2D eigenvalue weighted by atomic mass is 35.5. The average Bonchev–Trinajstić information content (AvgIpc) is 3.05. The van der Waals surface area contributed by atoms with Crippen molar-refractivity contribution in [2.24, 2.45) is 0 Å². The van der Waals surface area contributed by atoms with E-state index in [-0.39, 0.29) is 10.4 Å². The lowest BCUT2D eigenvalue weighted by molar-refractivity contribution is 0.315. The topological polar surface area (TPSA) is 85.1 Å². The van der Waals surface area contributed by atoms with Crippen LogP contribution in [0.2, 0.25) is 4.34 Å². The molecule has 1 aromatic carbocycles. The summed E-state index contributed by atoms with van der Waals surface area (Å²) in [5.74, 6) is 0. The fourth-order valence-corrected chi connectivity index (χ4v) is 4.42. The first kappa shape index (κ1) is 14.5. The van der Waals surface area contributed by atoms with Crippen LogP contribution in [-0.4, -0.2) is 18.7 Å². The Morgan fingerprint density at radius 2 is 2.10 bits per heavy atom. The first-order valence-electron chi connectivity index (χ1n) is 5.96. The fraction of sp³-hybridized carbons (Fsp3) is 0.167. The van der Waals surface area contributed by atoms with Gasteiger partial charge in [-0.25, -0.2) is 17.8 Å². The minimum atomic E-state index is -3.74. The highest BCUT2D eigenvalue weighted by Crippen LogP contribution is 2.28. The van der Waals surface area contributed by atoms with Gasteiger partial charge in [0.1, 0.15) is 10.4 Å². The van der Waals surface area contributed by atoms with Gasteiger partial charge in [0.25, 0.3) is 0 Å². The van der Waals surface area contributed by atoms with Crippen molar-refractivity contribution in [1.82, 2.24) is 15.0 Å². The Morgan fingerprint density at radius 3 is 2.81 bits per heavy atom. The summed E-state index contributed by atoms with van der Waals surface area (Å²) in [5.41, 5.74) is 0.603. The van der Waals surface area contributed by atoms with Crippen molar-refractivity contribution in [1.29, 1.82) is 0 Å². The molecule has 2 heterocycles. The van der Waals surface area contributed by atoms with Crippen molar-refractivity contribution in [3.8, 4) is 0 Å². The monoisotopic (exact) mass is 343 g/mol. The molecule has 0 fully saturated rings. The van der Waals surface area contributed by atoms with Gasteiger partial charge in [-0.15, -0.1) is 11.3 Å². The Kier molecular flexibility index (Phi) is 3.70. The van der Waals surface area contributed by atoms with E-state index in [9.17, 15) is 8.42 Å². The smallest absolute Gasteiger partial charge is 0.243 e. The molecule has 0 saturated heterocycles. The average molecular weight is 344 g/mol. The number of nitrogens with one attached hydrogen (secondary N) is 1. The van der Waals surface area contributed by atoms with Crippen LogP contribution in [0.3, 0.4) is 0 Å². The van der Waals surface area contributed by atoms with E-state index in [1.807, 2.05) is 0 Å². The van der Waals surface area contributed by atoms with Crippen molar-refractivity contribution in [2.75, 3.05) is 0 Å². The summed E-state index contributed by atoms with van der Waals surface area (Å²) in [6.07, 6.45) is 0. The number of rotatable bonds is 4. The predicted octanol–water partition coefficient (Wildman–Crippen LogP) is 2.98. The number of fused-ring (bicyclic) bond motifs is 1. The SMILES string of the molecule is C[C@H](NS(=O)(=O)c1cccc2nonc12)c1ccc(Cl)s1. The zero-order chi connectivity index (χ0) is 15.0. The molecule has 2 aromatic heterocycles. The highest BCUT2D eigenvalue weighted by Gasteiger charge is 2.23. The molecule has 0 unspecified atom stereocenters. The molecule has 9 heteroatoms. The third-order valence-corrected chi connectivity index (χ3v) is 5.88. The van der Waals surface area contributed by atoms with Crippen LogP contribution in [0.25, 0.3) is 11.0 Å². The van der Waals surface area contributed by atoms with Gasteiger partial charge in [-0.1, -0.05) is 17.7 Å². The number of sulfonamides is 1. The number of thiophene rings is 1. The van der Waals surface area contributed by atoms with E-state index in [2.05, 4.69) is 19.7 Å². The second-order valence-corrected chi connectivity index (χ2v) is 7.80. The van der Waals surface area contributed by atoms with Crippen LogP contribution in [0.15, 0.2) is 39.9 Å². The van der Waals surface area contributed by atoms with E-state index in [0.717, 1.165) is 4.88 Å². The Hall–Kier alpha value is -1.48. The molecule has 6 nitrogen and oxygen atoms in total. The molecule has 3 aromatic rings. The number of halogens is 1. The van der Waals surface area contributed by atoms with E-state index in [0.29, 0.717) is 9.85 Å². The van der Waals surface area contributed by atoms with Gasteiger partial charge in [-0.3, -0.25) is 0 Å². The second-order valence-electron chi connectivity index (χ2n) is 4.37. The maximum absolute atomic E-state index is 12.5. The fourth-order valence-electron chi connectivity index (χ4n) is 1.91.